The summed E-state index contributed by atoms with van der Waals surface area (Å²) in [6.07, 6.45) is 9.13. The number of ether oxygens (including phenoxy) is 3. The zero-order valence-corrected chi connectivity index (χ0v) is 24.0. The highest BCUT2D eigenvalue weighted by Gasteiger charge is 2.36. The van der Waals surface area contributed by atoms with Gasteiger partial charge in [-0.3, -0.25) is 9.88 Å². The van der Waals surface area contributed by atoms with E-state index in [1.165, 1.54) is 0 Å². The van der Waals surface area contributed by atoms with E-state index >= 15 is 0 Å². The van der Waals surface area contributed by atoms with Crippen LogP contribution in [0.5, 0.6) is 5.75 Å². The van der Waals surface area contributed by atoms with Gasteiger partial charge in [0.15, 0.2) is 0 Å². The van der Waals surface area contributed by atoms with Crippen molar-refractivity contribution in [2.75, 3.05) is 57.4 Å². The maximum Gasteiger partial charge on any atom is 0.138 e. The van der Waals surface area contributed by atoms with Gasteiger partial charge < -0.3 is 24.2 Å². The van der Waals surface area contributed by atoms with Gasteiger partial charge >= 0.3 is 0 Å². The largest absolute Gasteiger partial charge is 0.491 e. The van der Waals surface area contributed by atoms with Gasteiger partial charge in [0.1, 0.15) is 24.2 Å². The summed E-state index contributed by atoms with van der Waals surface area (Å²) in [4.78, 5) is 13.7. The van der Waals surface area contributed by atoms with E-state index in [0.29, 0.717) is 63.5 Å². The Balaban J connectivity index is 1.04. The van der Waals surface area contributed by atoms with Crippen LogP contribution in [0.25, 0.3) is 16.6 Å². The quantitative estimate of drug-likeness (QED) is 0.332. The predicted octanol–water partition coefficient (Wildman–Crippen LogP) is 2.72. The number of nitrogens with zero attached hydrogens (tertiary/aromatic N) is 7. The SMILES string of the molecule is N#Cc1cnn2cc(OCCN3CC4OCCOC4C3)cc(-c3ccc(N4CCC(O)(Cc5ccccn5)CC4)nc3)c12. The highest BCUT2D eigenvalue weighted by Crippen LogP contribution is 2.33. The minimum atomic E-state index is -0.763. The third-order valence-electron chi connectivity index (χ3n) is 8.73. The molecule has 3 saturated heterocycles. The topological polar surface area (TPSA) is 121 Å². The number of nitriles is 1. The van der Waals surface area contributed by atoms with Crippen molar-refractivity contribution in [3.8, 4) is 22.9 Å². The standard InChI is InChI=1S/C32H35N7O4/c33-17-24-19-36-39-20-26(41-12-11-37-21-28-29(22-37)43-14-13-42-28)15-27(31(24)39)23-4-5-30(35-18-23)38-9-6-32(40,7-10-38)16-25-3-1-2-8-34-25/h1-5,8,15,18-20,28-29,40H,6-7,9-14,16,21-22H2. The van der Waals surface area contributed by atoms with Crippen LogP contribution in [-0.4, -0.2) is 99.9 Å². The van der Waals surface area contributed by atoms with Crippen molar-refractivity contribution in [1.82, 2.24) is 24.5 Å². The predicted molar refractivity (Wildman–Crippen MR) is 159 cm³/mol. The zero-order valence-electron chi connectivity index (χ0n) is 24.0. The van der Waals surface area contributed by atoms with Crippen molar-refractivity contribution < 1.29 is 19.3 Å². The Bertz CT molecular complexity index is 1580. The summed E-state index contributed by atoms with van der Waals surface area (Å²) in [5.41, 5.74) is 3.07. The van der Waals surface area contributed by atoms with Crippen LogP contribution in [0.4, 0.5) is 5.82 Å². The fourth-order valence-corrected chi connectivity index (χ4v) is 6.39. The fraction of sp³-hybridized carbons (Fsp3) is 0.438. The van der Waals surface area contributed by atoms with Crippen molar-refractivity contribution >= 4 is 11.3 Å². The molecule has 4 aromatic heterocycles. The first kappa shape index (κ1) is 27.7. The van der Waals surface area contributed by atoms with Gasteiger partial charge in [-0.2, -0.15) is 10.4 Å². The van der Waals surface area contributed by atoms with Gasteiger partial charge in [-0.25, -0.2) is 9.50 Å². The molecule has 2 atom stereocenters. The van der Waals surface area contributed by atoms with Gasteiger partial charge in [0.25, 0.3) is 0 Å². The van der Waals surface area contributed by atoms with Gasteiger partial charge in [0, 0.05) is 68.4 Å². The molecule has 1 N–H and O–H groups in total. The lowest BCUT2D eigenvalue weighted by molar-refractivity contribution is -0.116. The van der Waals surface area contributed by atoms with E-state index in [2.05, 4.69) is 26.0 Å². The van der Waals surface area contributed by atoms with Crippen LogP contribution >= 0.6 is 0 Å². The van der Waals surface area contributed by atoms with E-state index in [1.54, 1.807) is 16.9 Å². The second-order valence-electron chi connectivity index (χ2n) is 11.6. The average Bonchev–Trinajstić information content (AvgIpc) is 3.65. The van der Waals surface area contributed by atoms with Crippen LogP contribution in [0, 0.1) is 11.3 Å². The van der Waals surface area contributed by atoms with Crippen LogP contribution in [-0.2, 0) is 15.9 Å². The number of aromatic nitrogens is 4. The first-order chi connectivity index (χ1) is 21.1. The number of likely N-dealkylation sites (tertiary alicyclic amines) is 1. The summed E-state index contributed by atoms with van der Waals surface area (Å²) in [5.74, 6) is 1.53. The summed E-state index contributed by atoms with van der Waals surface area (Å²) in [6, 6.07) is 14.1. The van der Waals surface area contributed by atoms with E-state index < -0.39 is 5.60 Å². The van der Waals surface area contributed by atoms with Crippen LogP contribution in [0.1, 0.15) is 24.1 Å². The summed E-state index contributed by atoms with van der Waals surface area (Å²) < 4.78 is 19.6. The second kappa shape index (κ2) is 11.9. The number of fused-ring (bicyclic) bond motifs is 2. The normalized spacial score (nSPS) is 21.9. The molecular weight excluding hydrogens is 546 g/mol. The summed E-state index contributed by atoms with van der Waals surface area (Å²) in [5, 5.41) is 25.3. The van der Waals surface area contributed by atoms with Gasteiger partial charge in [-0.15, -0.1) is 0 Å². The minimum absolute atomic E-state index is 0.142. The maximum absolute atomic E-state index is 11.2. The van der Waals surface area contributed by atoms with Crippen molar-refractivity contribution in [2.24, 2.45) is 0 Å². The molecule has 222 valence electrons. The van der Waals surface area contributed by atoms with E-state index in [4.69, 9.17) is 19.2 Å². The number of anilines is 1. The van der Waals surface area contributed by atoms with E-state index in [-0.39, 0.29) is 12.2 Å². The molecule has 0 aliphatic carbocycles. The Hall–Kier alpha value is -4.08. The number of hydrogen-bond donors (Lipinski definition) is 1. The van der Waals surface area contributed by atoms with Crippen LogP contribution < -0.4 is 9.64 Å². The molecule has 3 fully saturated rings. The van der Waals surface area contributed by atoms with Gasteiger partial charge in [-0.05, 0) is 43.2 Å². The third kappa shape index (κ3) is 5.92. The van der Waals surface area contributed by atoms with Crippen molar-refractivity contribution in [3.63, 3.8) is 0 Å². The second-order valence-corrected chi connectivity index (χ2v) is 11.6. The first-order valence-corrected chi connectivity index (χ1v) is 14.9. The monoisotopic (exact) mass is 581 g/mol. The maximum atomic E-state index is 11.2. The highest BCUT2D eigenvalue weighted by molar-refractivity contribution is 5.85. The molecule has 7 rings (SSSR count). The molecular formula is C32H35N7O4. The molecule has 7 heterocycles. The molecule has 3 aliphatic rings. The Morgan fingerprint density at radius 1 is 1.05 bits per heavy atom. The molecule has 0 radical (unpaired) electrons. The molecule has 0 saturated carbocycles. The lowest BCUT2D eigenvalue weighted by Crippen LogP contribution is -2.46. The van der Waals surface area contributed by atoms with Crippen molar-refractivity contribution in [3.05, 3.63) is 72.4 Å². The van der Waals surface area contributed by atoms with E-state index in [0.717, 1.165) is 47.8 Å². The number of aliphatic hydroxyl groups is 1. The third-order valence-corrected chi connectivity index (χ3v) is 8.73. The Labute approximate surface area is 250 Å². The lowest BCUT2D eigenvalue weighted by atomic mass is 9.87. The molecule has 43 heavy (non-hydrogen) atoms. The molecule has 0 aromatic carbocycles. The molecule has 2 unspecified atom stereocenters. The Morgan fingerprint density at radius 2 is 1.86 bits per heavy atom. The van der Waals surface area contributed by atoms with Gasteiger partial charge in [0.05, 0.1) is 54.5 Å². The summed E-state index contributed by atoms with van der Waals surface area (Å²) in [6.45, 7) is 5.71. The van der Waals surface area contributed by atoms with Crippen LogP contribution in [0.3, 0.4) is 0 Å². The number of piperidine rings is 1. The smallest absolute Gasteiger partial charge is 0.138 e. The molecule has 11 nitrogen and oxygen atoms in total. The van der Waals surface area contributed by atoms with Gasteiger partial charge in [-0.1, -0.05) is 6.07 Å². The van der Waals surface area contributed by atoms with Crippen molar-refractivity contribution in [2.45, 2.75) is 37.1 Å². The van der Waals surface area contributed by atoms with Gasteiger partial charge in [0.2, 0.25) is 0 Å². The molecule has 0 spiro atoms. The molecule has 0 amide bonds. The van der Waals surface area contributed by atoms with Crippen molar-refractivity contribution in [1.29, 1.82) is 5.26 Å². The van der Waals surface area contributed by atoms with Crippen LogP contribution in [0.15, 0.2) is 61.2 Å². The van der Waals surface area contributed by atoms with Crippen LogP contribution in [0.2, 0.25) is 0 Å². The summed E-state index contributed by atoms with van der Waals surface area (Å²) in [7, 11) is 0. The molecule has 4 aromatic rings. The highest BCUT2D eigenvalue weighted by atomic mass is 16.6. The zero-order chi connectivity index (χ0) is 29.2. The fourth-order valence-electron chi connectivity index (χ4n) is 6.39. The Kier molecular flexibility index (Phi) is 7.67. The molecule has 11 heteroatoms. The van der Waals surface area contributed by atoms with E-state index in [1.807, 2.05) is 48.8 Å². The minimum Gasteiger partial charge on any atom is -0.491 e. The van der Waals surface area contributed by atoms with E-state index in [9.17, 15) is 10.4 Å². The number of pyridine rings is 3. The lowest BCUT2D eigenvalue weighted by Gasteiger charge is -2.38. The molecule has 3 aliphatic heterocycles. The first-order valence-electron chi connectivity index (χ1n) is 14.9. The average molecular weight is 582 g/mol. The number of rotatable bonds is 8. The number of hydrogen-bond acceptors (Lipinski definition) is 10. The molecule has 0 bridgehead atoms. The Morgan fingerprint density at radius 3 is 2.56 bits per heavy atom. The summed E-state index contributed by atoms with van der Waals surface area (Å²) >= 11 is 0.